The van der Waals surface area contributed by atoms with Gasteiger partial charge in [0.15, 0.2) is 0 Å². The second-order valence-electron chi connectivity index (χ2n) is 16.4. The van der Waals surface area contributed by atoms with Crippen molar-refractivity contribution < 1.29 is 24.5 Å². The summed E-state index contributed by atoms with van der Waals surface area (Å²) < 4.78 is 5.90. The van der Waals surface area contributed by atoms with Crippen LogP contribution in [0.1, 0.15) is 220 Å². The second-order valence-corrected chi connectivity index (χ2v) is 16.4. The van der Waals surface area contributed by atoms with Crippen LogP contribution in [0.4, 0.5) is 0 Å². The molecule has 1 amide bonds. The Bertz CT molecular complexity index is 1160. The molecule has 0 rings (SSSR count). The zero-order valence-corrected chi connectivity index (χ0v) is 39.1. The Kier molecular flexibility index (Phi) is 44.8. The van der Waals surface area contributed by atoms with Crippen LogP contribution in [-0.4, -0.2) is 46.9 Å². The van der Waals surface area contributed by atoms with Gasteiger partial charge in [-0.2, -0.15) is 0 Å². The molecule has 0 aromatic carbocycles. The summed E-state index contributed by atoms with van der Waals surface area (Å²) in [7, 11) is 0. The number of amides is 1. The highest BCUT2D eigenvalue weighted by molar-refractivity contribution is 5.77. The van der Waals surface area contributed by atoms with Gasteiger partial charge in [0.1, 0.15) is 6.10 Å². The van der Waals surface area contributed by atoms with Crippen LogP contribution in [-0.2, 0) is 14.3 Å². The molecule has 3 unspecified atom stereocenters. The standard InChI is InChI=1S/C54H93NO5/c1-4-7-10-13-16-19-22-24-26-27-29-32-35-38-41-44-47-54(59)60-50(45-42-39-36-33-31-28-25-23-20-17-14-11-8-5-2)48-53(58)55-51(49-56)52(57)46-43-40-37-34-30-21-18-15-12-9-6-3/h7-8,10-11,16-17,19-20,24-26,28-29,32,50-52,56-57H,4-6,9,12-15,18,21-23,27,30-31,33-49H2,1-3H3,(H,55,58)/b10-7+,11-8+,19-16+,20-17+,26-24+,28-25+,32-29+. The average Bonchev–Trinajstić information content (AvgIpc) is 3.24. The molecule has 0 heterocycles. The number of aliphatic hydroxyl groups excluding tert-OH is 2. The SMILES string of the molecule is CC/C=C/C/C=C/C/C=C/C/C=C/CCCCCC(=O)OC(CCCCCC/C=C/C/C=C/C/C=C/CC)CC(=O)NC(CO)C(O)CCCCCCCCCCCCC. The van der Waals surface area contributed by atoms with Crippen molar-refractivity contribution in [1.29, 1.82) is 0 Å². The maximum atomic E-state index is 13.2. The zero-order chi connectivity index (χ0) is 43.8. The van der Waals surface area contributed by atoms with Crippen molar-refractivity contribution in [3.8, 4) is 0 Å². The number of unbranched alkanes of at least 4 members (excludes halogenated alkanes) is 17. The molecule has 0 aromatic heterocycles. The second kappa shape index (κ2) is 47.1. The largest absolute Gasteiger partial charge is 0.462 e. The molecule has 0 bridgehead atoms. The summed E-state index contributed by atoms with van der Waals surface area (Å²) in [4.78, 5) is 26.1. The van der Waals surface area contributed by atoms with E-state index >= 15 is 0 Å². The molecule has 6 nitrogen and oxygen atoms in total. The minimum atomic E-state index is -0.803. The van der Waals surface area contributed by atoms with E-state index in [4.69, 9.17) is 4.74 Å². The Morgan fingerprint density at radius 1 is 0.500 bits per heavy atom. The van der Waals surface area contributed by atoms with Crippen LogP contribution in [0, 0.1) is 0 Å². The predicted molar refractivity (Wildman–Crippen MR) is 259 cm³/mol. The fourth-order valence-corrected chi connectivity index (χ4v) is 7.02. The van der Waals surface area contributed by atoms with Gasteiger partial charge >= 0.3 is 5.97 Å². The number of rotatable bonds is 43. The van der Waals surface area contributed by atoms with E-state index in [9.17, 15) is 19.8 Å². The number of nitrogens with one attached hydrogen (secondary N) is 1. The fourth-order valence-electron chi connectivity index (χ4n) is 7.02. The third-order valence-electron chi connectivity index (χ3n) is 10.7. The van der Waals surface area contributed by atoms with Gasteiger partial charge in [-0.05, 0) is 96.3 Å². The van der Waals surface area contributed by atoms with E-state index in [1.54, 1.807) is 0 Å². The number of allylic oxidation sites excluding steroid dienone is 14. The highest BCUT2D eigenvalue weighted by Crippen LogP contribution is 2.17. The lowest BCUT2D eigenvalue weighted by molar-refractivity contribution is -0.151. The lowest BCUT2D eigenvalue weighted by Crippen LogP contribution is -2.46. The molecule has 0 saturated carbocycles. The molecule has 0 spiro atoms. The van der Waals surface area contributed by atoms with E-state index in [-0.39, 0.29) is 24.9 Å². The van der Waals surface area contributed by atoms with Gasteiger partial charge in [-0.15, -0.1) is 0 Å². The van der Waals surface area contributed by atoms with E-state index in [2.05, 4.69) is 111 Å². The van der Waals surface area contributed by atoms with E-state index in [0.29, 0.717) is 19.3 Å². The third kappa shape index (κ3) is 41.8. The van der Waals surface area contributed by atoms with Crippen molar-refractivity contribution in [2.24, 2.45) is 0 Å². The van der Waals surface area contributed by atoms with Crippen LogP contribution >= 0.6 is 0 Å². The maximum absolute atomic E-state index is 13.2. The van der Waals surface area contributed by atoms with Crippen molar-refractivity contribution in [3.63, 3.8) is 0 Å². The van der Waals surface area contributed by atoms with Crippen LogP contribution in [0.2, 0.25) is 0 Å². The predicted octanol–water partition coefficient (Wildman–Crippen LogP) is 14.8. The Balaban J connectivity index is 4.70. The lowest BCUT2D eigenvalue weighted by atomic mass is 10.0. The van der Waals surface area contributed by atoms with Crippen LogP contribution < -0.4 is 5.32 Å². The van der Waals surface area contributed by atoms with Gasteiger partial charge in [0.25, 0.3) is 0 Å². The van der Waals surface area contributed by atoms with E-state index < -0.39 is 18.2 Å². The normalized spacial score (nSPS) is 14.0. The molecule has 60 heavy (non-hydrogen) atoms. The van der Waals surface area contributed by atoms with Gasteiger partial charge in [-0.3, -0.25) is 9.59 Å². The van der Waals surface area contributed by atoms with Crippen LogP contribution in [0.5, 0.6) is 0 Å². The molecule has 0 aliphatic carbocycles. The summed E-state index contributed by atoms with van der Waals surface area (Å²) in [5.41, 5.74) is 0. The molecule has 3 N–H and O–H groups in total. The Labute approximate surface area is 370 Å². The van der Waals surface area contributed by atoms with Crippen LogP contribution in [0.15, 0.2) is 85.1 Å². The number of ether oxygens (including phenoxy) is 1. The first-order valence-corrected chi connectivity index (χ1v) is 24.8. The minimum Gasteiger partial charge on any atom is -0.462 e. The number of carbonyl (C=O) groups is 2. The summed E-state index contributed by atoms with van der Waals surface area (Å²) >= 11 is 0. The van der Waals surface area contributed by atoms with E-state index in [0.717, 1.165) is 122 Å². The Hall–Kier alpha value is -2.96. The van der Waals surface area contributed by atoms with Gasteiger partial charge < -0.3 is 20.3 Å². The molecule has 0 fully saturated rings. The van der Waals surface area contributed by atoms with Crippen molar-refractivity contribution in [2.75, 3.05) is 6.61 Å². The van der Waals surface area contributed by atoms with Crippen molar-refractivity contribution in [1.82, 2.24) is 5.32 Å². The van der Waals surface area contributed by atoms with Gasteiger partial charge in [-0.25, -0.2) is 0 Å². The fraction of sp³-hybridized carbons (Fsp3) is 0.704. The molecule has 3 atom stereocenters. The number of carbonyl (C=O) groups excluding carboxylic acids is 2. The first-order valence-electron chi connectivity index (χ1n) is 24.8. The molecule has 0 aromatic rings. The highest BCUT2D eigenvalue weighted by atomic mass is 16.5. The summed E-state index contributed by atoms with van der Waals surface area (Å²) in [6, 6.07) is -0.719. The molecule has 0 saturated heterocycles. The van der Waals surface area contributed by atoms with E-state index in [1.165, 1.54) is 51.4 Å². The third-order valence-corrected chi connectivity index (χ3v) is 10.7. The zero-order valence-electron chi connectivity index (χ0n) is 39.1. The first kappa shape index (κ1) is 57.0. The number of aliphatic hydroxyl groups is 2. The van der Waals surface area contributed by atoms with Crippen molar-refractivity contribution >= 4 is 11.9 Å². The minimum absolute atomic E-state index is 0.0454. The molecule has 344 valence electrons. The molecule has 0 aliphatic rings. The average molecular weight is 836 g/mol. The summed E-state index contributed by atoms with van der Waals surface area (Å²) in [6.07, 6.45) is 60.7. The van der Waals surface area contributed by atoms with Crippen LogP contribution in [0.25, 0.3) is 0 Å². The number of hydrogen-bond donors (Lipinski definition) is 3. The molecular weight excluding hydrogens is 743 g/mol. The summed E-state index contributed by atoms with van der Waals surface area (Å²) in [5, 5.41) is 23.7. The van der Waals surface area contributed by atoms with Crippen molar-refractivity contribution in [2.45, 2.75) is 238 Å². The van der Waals surface area contributed by atoms with Crippen LogP contribution in [0.3, 0.4) is 0 Å². The smallest absolute Gasteiger partial charge is 0.306 e. The van der Waals surface area contributed by atoms with Gasteiger partial charge in [0.05, 0.1) is 25.2 Å². The van der Waals surface area contributed by atoms with Crippen molar-refractivity contribution in [3.05, 3.63) is 85.1 Å². The molecule has 6 heteroatoms. The lowest BCUT2D eigenvalue weighted by Gasteiger charge is -2.24. The maximum Gasteiger partial charge on any atom is 0.306 e. The first-order chi connectivity index (χ1) is 29.5. The Morgan fingerprint density at radius 2 is 0.900 bits per heavy atom. The van der Waals surface area contributed by atoms with E-state index in [1.807, 2.05) is 0 Å². The number of esters is 1. The van der Waals surface area contributed by atoms with Gasteiger partial charge in [0, 0.05) is 6.42 Å². The quantitative estimate of drug-likeness (QED) is 0.0323. The van der Waals surface area contributed by atoms with Gasteiger partial charge in [-0.1, -0.05) is 196 Å². The Morgan fingerprint density at radius 3 is 1.37 bits per heavy atom. The monoisotopic (exact) mass is 836 g/mol. The summed E-state index contributed by atoms with van der Waals surface area (Å²) in [5.74, 6) is -0.539. The highest BCUT2D eigenvalue weighted by Gasteiger charge is 2.24. The van der Waals surface area contributed by atoms with Gasteiger partial charge in [0.2, 0.25) is 5.91 Å². The number of hydrogen-bond acceptors (Lipinski definition) is 5. The summed E-state index contributed by atoms with van der Waals surface area (Å²) in [6.45, 7) is 6.23. The molecule has 0 radical (unpaired) electrons. The molecular formula is C54H93NO5. The topological polar surface area (TPSA) is 95.9 Å². The molecule has 0 aliphatic heterocycles.